The van der Waals surface area contributed by atoms with Crippen LogP contribution < -0.4 is 4.72 Å². The maximum Gasteiger partial charge on any atom is 0.401 e. The van der Waals surface area contributed by atoms with Crippen molar-refractivity contribution in [2.24, 2.45) is 4.99 Å². The molecule has 2 aromatic rings. The highest BCUT2D eigenvalue weighted by atomic mass is 32.2. The number of hydrogen-bond donors (Lipinski definition) is 1. The van der Waals surface area contributed by atoms with E-state index in [-0.39, 0.29) is 18.9 Å². The lowest BCUT2D eigenvalue weighted by molar-refractivity contribution is -0.144. The first kappa shape index (κ1) is 31.9. The van der Waals surface area contributed by atoms with Gasteiger partial charge in [-0.25, -0.2) is 13.7 Å². The molecule has 12 heteroatoms. The largest absolute Gasteiger partial charge is 0.467 e. The molecule has 0 heterocycles. The van der Waals surface area contributed by atoms with Crippen molar-refractivity contribution < 1.29 is 36.1 Å². The average molecular weight is 573 g/mol. The van der Waals surface area contributed by atoms with Crippen molar-refractivity contribution in [2.45, 2.75) is 57.1 Å². The summed E-state index contributed by atoms with van der Waals surface area (Å²) in [6.07, 6.45) is 0. The molecule has 0 spiro atoms. The van der Waals surface area contributed by atoms with E-state index in [0.29, 0.717) is 11.1 Å². The van der Waals surface area contributed by atoms with Gasteiger partial charge in [0.1, 0.15) is 6.04 Å². The van der Waals surface area contributed by atoms with E-state index in [9.17, 15) is 13.6 Å². The van der Waals surface area contributed by atoms with Gasteiger partial charge in [0, 0.05) is 11.1 Å². The molecular formula is C26H35F2N2O6PS. The SMILES string of the molecule is CCOP(=O)(OCC)C(F)(F)[C@@H](NS(=O)C(C)(C)C)[C@H](N=C(c1ccccc1)c1ccccc1)C(=O)OC. The highest BCUT2D eigenvalue weighted by molar-refractivity contribution is 7.84. The number of halogens is 2. The number of nitrogens with one attached hydrogen (secondary N) is 1. The van der Waals surface area contributed by atoms with Crippen molar-refractivity contribution in [3.8, 4) is 0 Å². The topological polar surface area (TPSA) is 103 Å². The summed E-state index contributed by atoms with van der Waals surface area (Å²) in [5, 5.41) is 0. The van der Waals surface area contributed by atoms with E-state index in [4.69, 9.17) is 13.8 Å². The number of ether oxygens (including phenoxy) is 1. The minimum absolute atomic E-state index is 0.202. The van der Waals surface area contributed by atoms with E-state index < -0.39 is 47.0 Å². The van der Waals surface area contributed by atoms with Crippen LogP contribution in [0.3, 0.4) is 0 Å². The van der Waals surface area contributed by atoms with Crippen LogP contribution >= 0.6 is 7.60 Å². The molecule has 2 aromatic carbocycles. The molecule has 8 nitrogen and oxygen atoms in total. The minimum atomic E-state index is -5.19. The zero-order valence-electron chi connectivity index (χ0n) is 22.4. The van der Waals surface area contributed by atoms with Gasteiger partial charge in [0.05, 0.1) is 41.8 Å². The van der Waals surface area contributed by atoms with Crippen molar-refractivity contribution >= 4 is 30.3 Å². The van der Waals surface area contributed by atoms with Gasteiger partial charge in [0.25, 0.3) is 0 Å². The van der Waals surface area contributed by atoms with Gasteiger partial charge in [-0.15, -0.1) is 0 Å². The number of nitrogens with zero attached hydrogens (tertiary/aromatic N) is 1. The quantitative estimate of drug-likeness (QED) is 0.197. The standard InChI is InChI=1S/C26H35F2N2O6PS/c1-7-35-37(32,36-8-2)26(27,28)23(30-38(33)25(3,4)5)22(24(31)34-6)29-21(19-15-11-9-12-16-19)20-17-13-10-14-18-20/h9-18,22-23,30H,7-8H2,1-6H3/t22-,23-,38?/m0/s1. The molecule has 2 rings (SSSR count). The zero-order chi connectivity index (χ0) is 28.6. The molecule has 0 aliphatic carbocycles. The third-order valence-electron chi connectivity index (χ3n) is 5.25. The second kappa shape index (κ2) is 13.7. The Morgan fingerprint density at radius 2 is 1.42 bits per heavy atom. The Kier molecular flexibility index (Phi) is 11.5. The normalized spacial score (nSPS) is 14.8. The molecule has 0 amide bonds. The van der Waals surface area contributed by atoms with Gasteiger partial charge in [0.2, 0.25) is 0 Å². The number of rotatable bonds is 13. The number of carbonyl (C=O) groups excluding carboxylic acids is 1. The van der Waals surface area contributed by atoms with E-state index in [1.165, 1.54) is 13.8 Å². The maximum absolute atomic E-state index is 16.3. The van der Waals surface area contributed by atoms with Gasteiger partial charge >= 0.3 is 19.2 Å². The van der Waals surface area contributed by atoms with Crippen molar-refractivity contribution in [3.05, 3.63) is 71.8 Å². The Morgan fingerprint density at radius 3 is 1.79 bits per heavy atom. The summed E-state index contributed by atoms with van der Waals surface area (Å²) in [5.41, 5.74) is -3.08. The van der Waals surface area contributed by atoms with Crippen LogP contribution in [0.1, 0.15) is 45.7 Å². The average Bonchev–Trinajstić information content (AvgIpc) is 2.88. The van der Waals surface area contributed by atoms with Crippen molar-refractivity contribution in [3.63, 3.8) is 0 Å². The predicted molar refractivity (Wildman–Crippen MR) is 145 cm³/mol. The number of alkyl halides is 2. The van der Waals surface area contributed by atoms with Crippen LogP contribution in [0.4, 0.5) is 8.78 Å². The van der Waals surface area contributed by atoms with Crippen LogP contribution in [-0.4, -0.2) is 58.7 Å². The molecule has 210 valence electrons. The number of esters is 1. The maximum atomic E-state index is 16.3. The van der Waals surface area contributed by atoms with E-state index in [1.54, 1.807) is 81.4 Å². The Labute approximate surface area is 225 Å². The second-order valence-electron chi connectivity index (χ2n) is 9.08. The molecular weight excluding hydrogens is 537 g/mol. The first-order valence-corrected chi connectivity index (χ1v) is 14.7. The van der Waals surface area contributed by atoms with Crippen molar-refractivity contribution in [2.75, 3.05) is 20.3 Å². The Hall–Kier alpha value is -2.30. The van der Waals surface area contributed by atoms with Gasteiger partial charge in [0.15, 0.2) is 6.04 Å². The van der Waals surface area contributed by atoms with E-state index in [0.717, 1.165) is 7.11 Å². The Bertz CT molecular complexity index is 1110. The van der Waals surface area contributed by atoms with Gasteiger partial charge in [-0.1, -0.05) is 60.7 Å². The lowest BCUT2D eigenvalue weighted by Gasteiger charge is -2.35. The molecule has 1 unspecified atom stereocenters. The lowest BCUT2D eigenvalue weighted by Crippen LogP contribution is -2.57. The molecule has 0 fully saturated rings. The van der Waals surface area contributed by atoms with Crippen LogP contribution in [0, 0.1) is 0 Å². The summed E-state index contributed by atoms with van der Waals surface area (Å²) < 4.78 is 75.2. The molecule has 0 saturated carbocycles. The van der Waals surface area contributed by atoms with Gasteiger partial charge in [-0.2, -0.15) is 8.78 Å². The van der Waals surface area contributed by atoms with Gasteiger partial charge in [-0.05, 0) is 34.6 Å². The van der Waals surface area contributed by atoms with E-state index >= 15 is 8.78 Å². The summed E-state index contributed by atoms with van der Waals surface area (Å²) in [7, 11) is -6.30. The second-order valence-corrected chi connectivity index (χ2v) is 13.2. The molecule has 0 aromatic heterocycles. The van der Waals surface area contributed by atoms with Gasteiger partial charge < -0.3 is 13.8 Å². The van der Waals surface area contributed by atoms with Crippen LogP contribution in [0.2, 0.25) is 0 Å². The smallest absolute Gasteiger partial charge is 0.401 e. The number of carbonyl (C=O) groups is 1. The summed E-state index contributed by atoms with van der Waals surface area (Å²) in [5.74, 6) is -1.16. The summed E-state index contributed by atoms with van der Waals surface area (Å²) in [6.45, 7) is 6.75. The molecule has 1 N–H and O–H groups in total. The number of methoxy groups -OCH3 is 1. The molecule has 0 bridgehead atoms. The third-order valence-corrected chi connectivity index (χ3v) is 9.03. The van der Waals surface area contributed by atoms with Crippen LogP contribution in [0.5, 0.6) is 0 Å². The predicted octanol–water partition coefficient (Wildman–Crippen LogP) is 5.34. The number of benzene rings is 2. The minimum Gasteiger partial charge on any atom is -0.467 e. The third kappa shape index (κ3) is 7.64. The molecule has 0 saturated heterocycles. The molecule has 0 aliphatic heterocycles. The van der Waals surface area contributed by atoms with Crippen LogP contribution in [0.25, 0.3) is 0 Å². The molecule has 3 atom stereocenters. The molecule has 38 heavy (non-hydrogen) atoms. The van der Waals surface area contributed by atoms with Crippen LogP contribution in [-0.2, 0) is 34.1 Å². The fraction of sp³-hybridized carbons (Fsp3) is 0.462. The summed E-state index contributed by atoms with van der Waals surface area (Å²) in [4.78, 5) is 17.6. The fourth-order valence-electron chi connectivity index (χ4n) is 3.37. The van der Waals surface area contributed by atoms with Crippen LogP contribution in [0.15, 0.2) is 65.7 Å². The highest BCUT2D eigenvalue weighted by Gasteiger charge is 2.63. The first-order chi connectivity index (χ1) is 17.8. The lowest BCUT2D eigenvalue weighted by atomic mass is 10.0. The molecule has 0 radical (unpaired) electrons. The monoisotopic (exact) mass is 572 g/mol. The van der Waals surface area contributed by atoms with E-state index in [1.807, 2.05) is 0 Å². The number of hydrogen-bond acceptors (Lipinski definition) is 7. The Morgan fingerprint density at radius 1 is 0.974 bits per heavy atom. The zero-order valence-corrected chi connectivity index (χ0v) is 24.1. The first-order valence-electron chi connectivity index (χ1n) is 12.0. The summed E-state index contributed by atoms with van der Waals surface area (Å²) >= 11 is 0. The Balaban J connectivity index is 2.86. The molecule has 0 aliphatic rings. The van der Waals surface area contributed by atoms with Gasteiger partial charge in [-0.3, -0.25) is 9.56 Å². The van der Waals surface area contributed by atoms with E-state index in [2.05, 4.69) is 9.71 Å². The van der Waals surface area contributed by atoms with Crippen molar-refractivity contribution in [1.29, 1.82) is 0 Å². The fourth-order valence-corrected chi connectivity index (χ4v) is 5.96. The number of aliphatic imine (C=N–C) groups is 1. The summed E-state index contributed by atoms with van der Waals surface area (Å²) in [6, 6.07) is 12.9. The highest BCUT2D eigenvalue weighted by Crippen LogP contribution is 2.63. The van der Waals surface area contributed by atoms with Crippen molar-refractivity contribution in [1.82, 2.24) is 4.72 Å².